The summed E-state index contributed by atoms with van der Waals surface area (Å²) in [6.45, 7) is 5.03. The number of nitriles is 1. The van der Waals surface area contributed by atoms with Crippen LogP contribution in [0.15, 0.2) is 62.8 Å². The van der Waals surface area contributed by atoms with Gasteiger partial charge in [0, 0.05) is 48.1 Å². The van der Waals surface area contributed by atoms with E-state index in [1.165, 1.54) is 46.2 Å². The predicted molar refractivity (Wildman–Crippen MR) is 250 cm³/mol. The fourth-order valence-electron chi connectivity index (χ4n) is 5.29. The van der Waals surface area contributed by atoms with Crippen LogP contribution in [0, 0.1) is 137 Å². The summed E-state index contributed by atoms with van der Waals surface area (Å²) < 4.78 is 2.11. The molecule has 0 aliphatic rings. The molecular weight excluding hydrogens is 871 g/mol. The number of fused-ring (bicyclic) bond motifs is 1. The van der Waals surface area contributed by atoms with Crippen LogP contribution >= 0.6 is 23.1 Å². The average molecular weight is 898 g/mol. The van der Waals surface area contributed by atoms with Gasteiger partial charge in [0.2, 0.25) is 0 Å². The second-order valence-corrected chi connectivity index (χ2v) is 14.8. The zero-order valence-corrected chi connectivity index (χ0v) is 36.6. The summed E-state index contributed by atoms with van der Waals surface area (Å²) in [6.07, 6.45) is 1.59. The van der Waals surface area contributed by atoms with E-state index in [1.54, 1.807) is 66.9 Å². The van der Waals surface area contributed by atoms with Gasteiger partial charge in [-0.1, -0.05) is 47.2 Å². The van der Waals surface area contributed by atoms with Crippen LogP contribution < -0.4 is 9.80 Å². The number of carbonyl (C=O) groups excluding carboxylic acids is 1. The van der Waals surface area contributed by atoms with Crippen LogP contribution in [0.5, 0.6) is 0 Å². The van der Waals surface area contributed by atoms with Crippen molar-refractivity contribution in [2.45, 2.75) is 36.0 Å². The molecule has 0 fully saturated rings. The van der Waals surface area contributed by atoms with E-state index in [-0.39, 0.29) is 23.5 Å². The lowest BCUT2D eigenvalue weighted by molar-refractivity contribution is -0.135. The Bertz CT molecular complexity index is 3510. The van der Waals surface area contributed by atoms with Crippen molar-refractivity contribution in [3.8, 4) is 124 Å². The molecule has 0 saturated heterocycles. The van der Waals surface area contributed by atoms with Gasteiger partial charge in [-0.2, -0.15) is 5.26 Å². The second-order valence-electron chi connectivity index (χ2n) is 12.6. The minimum absolute atomic E-state index is 0.0547. The van der Waals surface area contributed by atoms with Crippen molar-refractivity contribution in [3.63, 3.8) is 0 Å². The van der Waals surface area contributed by atoms with Crippen molar-refractivity contribution in [2.24, 2.45) is 4.99 Å². The van der Waals surface area contributed by atoms with Gasteiger partial charge in [-0.3, -0.25) is 19.6 Å². The number of amides is 1. The Morgan fingerprint density at radius 2 is 1.45 bits per heavy atom. The Balaban J connectivity index is 1.33. The van der Waals surface area contributed by atoms with Crippen LogP contribution in [-0.4, -0.2) is 72.7 Å². The molecule has 16 heteroatoms. The number of nitrogens with one attached hydrogen (secondary N) is 1. The number of carboxylic acid groups (broad SMARTS) is 2. The van der Waals surface area contributed by atoms with Crippen molar-refractivity contribution < 1.29 is 24.6 Å². The monoisotopic (exact) mass is 897 g/mol. The van der Waals surface area contributed by atoms with Crippen LogP contribution in [0.25, 0.3) is 5.65 Å². The molecule has 0 bridgehead atoms. The van der Waals surface area contributed by atoms with Gasteiger partial charge in [0.1, 0.15) is 12.6 Å². The quantitative estimate of drug-likeness (QED) is 0.120. The highest BCUT2D eigenvalue weighted by molar-refractivity contribution is 8.01. The number of hydrogen-bond donors (Lipinski definition) is 3. The molecule has 1 atom stereocenters. The fourth-order valence-corrected chi connectivity index (χ4v) is 7.27. The number of thiazole rings is 1. The maximum absolute atomic E-state index is 13.8. The van der Waals surface area contributed by atoms with Gasteiger partial charge in [0.15, 0.2) is 26.5 Å². The zero-order chi connectivity index (χ0) is 47.3. The molecule has 14 nitrogen and oxygen atoms in total. The largest absolute Gasteiger partial charge is 0.480 e. The highest BCUT2D eigenvalue weighted by Gasteiger charge is 2.29. The molecule has 0 saturated carbocycles. The Morgan fingerprint density at radius 1 is 0.864 bits per heavy atom. The average Bonchev–Trinajstić information content (AvgIpc) is 3.99. The molecule has 0 spiro atoms. The number of anilines is 2. The molecule has 3 heterocycles. The Morgan fingerprint density at radius 3 is 2.02 bits per heavy atom. The van der Waals surface area contributed by atoms with E-state index < -0.39 is 23.9 Å². The van der Waals surface area contributed by atoms with Crippen LogP contribution in [0.4, 0.5) is 16.4 Å². The number of aliphatic imine (C=N–C) groups is 1. The summed E-state index contributed by atoms with van der Waals surface area (Å²) >= 11 is 2.45. The van der Waals surface area contributed by atoms with Crippen LogP contribution in [0.1, 0.15) is 53.0 Å². The maximum atomic E-state index is 13.8. The van der Waals surface area contributed by atoms with Crippen LogP contribution in [0.3, 0.4) is 0 Å². The van der Waals surface area contributed by atoms with Gasteiger partial charge >= 0.3 is 17.8 Å². The van der Waals surface area contributed by atoms with E-state index in [2.05, 4.69) is 150 Å². The number of aromatic nitrogens is 5. The number of H-pyrrole nitrogens is 1. The first-order valence-corrected chi connectivity index (χ1v) is 20.3. The lowest BCUT2D eigenvalue weighted by Crippen LogP contribution is -2.34. The Kier molecular flexibility index (Phi) is 17.1. The minimum atomic E-state index is -1.19. The summed E-state index contributed by atoms with van der Waals surface area (Å²) in [4.78, 5) is 49.2. The number of nitrogens with zero attached hydrogens (tertiary/aromatic N) is 8. The number of carboxylic acids is 2. The Labute approximate surface area is 387 Å². The standard InChI is InChI=1S/C50H27N9O5S2/c1-5-6-7-8-9-10-11-12-13-14-15-16-17-18-19-20-21-22-23-27-43(60)58(41-26-24-25-39(32-41)49(63)64)37(3)46-54-55-47-45(36(2)56-59(46)47)65-50-53-42(33-51)48(66-50)52-34-38-28-30-40(31-29-38)57(4)35-44(61)62/h24-26,28-32,34,37,56H,35H2,1-4H3,(H,61,62)(H,63,64)/b52-34+. The number of hydrogen-bond acceptors (Lipinski definition) is 11. The van der Waals surface area contributed by atoms with E-state index in [0.717, 1.165) is 11.3 Å². The number of aliphatic carboxylic acids is 1. The molecule has 3 N–H and O–H groups in total. The van der Waals surface area contributed by atoms with E-state index >= 15 is 0 Å². The first kappa shape index (κ1) is 47.1. The lowest BCUT2D eigenvalue weighted by atomic mass is 10.1. The molecule has 1 amide bonds. The lowest BCUT2D eigenvalue weighted by Gasteiger charge is -2.26. The molecule has 5 aromatic rings. The zero-order valence-electron chi connectivity index (χ0n) is 35.0. The minimum Gasteiger partial charge on any atom is -0.480 e. The highest BCUT2D eigenvalue weighted by Crippen LogP contribution is 2.40. The molecule has 314 valence electrons. The second kappa shape index (κ2) is 23.9. The van der Waals surface area contributed by atoms with Crippen molar-refractivity contribution in [2.75, 3.05) is 23.4 Å². The maximum Gasteiger partial charge on any atom is 0.335 e. The first-order valence-electron chi connectivity index (χ1n) is 18.7. The summed E-state index contributed by atoms with van der Waals surface area (Å²) in [7, 11) is 1.68. The van der Waals surface area contributed by atoms with E-state index in [0.29, 0.717) is 31.4 Å². The number of rotatable bonds is 11. The van der Waals surface area contributed by atoms with Gasteiger partial charge in [0.25, 0.3) is 0 Å². The van der Waals surface area contributed by atoms with E-state index in [1.807, 2.05) is 6.92 Å². The molecule has 3 aromatic heterocycles. The summed E-state index contributed by atoms with van der Waals surface area (Å²) in [5.74, 6) is 47.6. The predicted octanol–water partition coefficient (Wildman–Crippen LogP) is 4.96. The van der Waals surface area contributed by atoms with Gasteiger partial charge in [-0.15, -0.1) is 10.2 Å². The molecule has 0 aliphatic carbocycles. The number of carbonyl (C=O) groups is 3. The van der Waals surface area contributed by atoms with Gasteiger partial charge in [-0.05, 0) is 151 Å². The summed E-state index contributed by atoms with van der Waals surface area (Å²) in [5.41, 5.74) is 2.85. The SMILES string of the molecule is CC#CC#CC#CC#CC#CC#CC#CC#CC#CC#CC(=O)N(c1cccc(C(=O)O)c1)C(C)c1nnc2c(Sc3nc(C#N)c(/N=C/c4ccc(N(C)CC(=O)O)cc4)s3)c(C)[nH]n12. The highest BCUT2D eigenvalue weighted by atomic mass is 32.2. The summed E-state index contributed by atoms with van der Waals surface area (Å²) in [5, 5.41) is 41.1. The van der Waals surface area contributed by atoms with E-state index in [4.69, 9.17) is 5.11 Å². The molecule has 1 unspecified atom stereocenters. The van der Waals surface area contributed by atoms with Crippen molar-refractivity contribution in [1.82, 2.24) is 24.8 Å². The smallest absolute Gasteiger partial charge is 0.335 e. The van der Waals surface area contributed by atoms with Gasteiger partial charge in [0.05, 0.1) is 16.5 Å². The third kappa shape index (κ3) is 13.3. The summed E-state index contributed by atoms with van der Waals surface area (Å²) in [6, 6.07) is 14.2. The van der Waals surface area contributed by atoms with Crippen molar-refractivity contribution >= 4 is 69.2 Å². The first-order chi connectivity index (χ1) is 32.0. The molecule has 5 rings (SSSR count). The van der Waals surface area contributed by atoms with Gasteiger partial charge in [-0.25, -0.2) is 19.3 Å². The fraction of sp³-hybridized carbons (Fsp3) is 0.120. The van der Waals surface area contributed by atoms with Crippen LogP contribution in [0.2, 0.25) is 0 Å². The molecule has 0 radical (unpaired) electrons. The van der Waals surface area contributed by atoms with Gasteiger partial charge < -0.3 is 15.1 Å². The molecule has 66 heavy (non-hydrogen) atoms. The normalized spacial score (nSPS) is 9.50. The number of likely N-dealkylation sites (N-methyl/N-ethyl adjacent to an activating group) is 1. The van der Waals surface area contributed by atoms with Crippen LogP contribution in [-0.2, 0) is 9.59 Å². The number of aryl methyl sites for hydroxylation is 1. The molecule has 2 aromatic carbocycles. The van der Waals surface area contributed by atoms with Crippen molar-refractivity contribution in [3.05, 3.63) is 76.9 Å². The van der Waals surface area contributed by atoms with E-state index in [9.17, 15) is 24.8 Å². The number of aromatic carboxylic acids is 1. The third-order valence-corrected chi connectivity index (χ3v) is 10.4. The third-order valence-electron chi connectivity index (χ3n) is 8.14. The molecular formula is C50H27N9O5S2. The van der Waals surface area contributed by atoms with Crippen molar-refractivity contribution in [1.29, 1.82) is 5.26 Å². The number of benzene rings is 2. The number of aromatic amines is 1. The molecule has 0 aliphatic heterocycles. The Hall–Kier alpha value is -9.93. The topological polar surface area (TPSA) is 193 Å².